The first kappa shape index (κ1) is 12.5. The van der Waals surface area contributed by atoms with Crippen LogP contribution in [0.2, 0.25) is 0 Å². The number of ether oxygens (including phenoxy) is 1. The molecule has 0 amide bonds. The smallest absolute Gasteiger partial charge is 0.165 e. The van der Waals surface area contributed by atoms with E-state index < -0.39 is 11.9 Å². The molecule has 6 heteroatoms. The molecule has 0 fully saturated rings. The van der Waals surface area contributed by atoms with Gasteiger partial charge in [0.15, 0.2) is 17.4 Å². The first-order valence-corrected chi connectivity index (χ1v) is 5.51. The lowest BCUT2D eigenvalue weighted by Gasteiger charge is -2.09. The molecule has 2 rings (SSSR count). The number of aromatic nitrogens is 3. The summed E-state index contributed by atoms with van der Waals surface area (Å²) >= 11 is 0. The molecule has 0 bridgehead atoms. The van der Waals surface area contributed by atoms with E-state index in [2.05, 4.69) is 10.1 Å². The molecule has 1 aromatic carbocycles. The Hall–Kier alpha value is -1.95. The molecule has 0 aliphatic heterocycles. The fourth-order valence-electron chi connectivity index (χ4n) is 1.49. The van der Waals surface area contributed by atoms with Gasteiger partial charge in [-0.1, -0.05) is 6.07 Å². The number of hydrogen-bond acceptors (Lipinski definition) is 4. The molecule has 1 aromatic heterocycles. The van der Waals surface area contributed by atoms with Crippen molar-refractivity contribution in [3.8, 4) is 5.75 Å². The molecule has 0 aliphatic carbocycles. The summed E-state index contributed by atoms with van der Waals surface area (Å²) in [6.45, 7) is 1.72. The number of benzene rings is 1. The molecule has 0 unspecified atom stereocenters. The van der Waals surface area contributed by atoms with Crippen LogP contribution in [-0.4, -0.2) is 19.9 Å². The third-order valence-corrected chi connectivity index (χ3v) is 2.60. The second kappa shape index (κ2) is 5.14. The Kier molecular flexibility index (Phi) is 3.57. The van der Waals surface area contributed by atoms with Gasteiger partial charge in [0.25, 0.3) is 0 Å². The highest BCUT2D eigenvalue weighted by atomic mass is 19.1. The van der Waals surface area contributed by atoms with E-state index in [1.165, 1.54) is 18.5 Å². The second-order valence-electron chi connectivity index (χ2n) is 3.95. The molecule has 5 nitrogen and oxygen atoms in total. The Morgan fingerprint density at radius 1 is 1.50 bits per heavy atom. The van der Waals surface area contributed by atoms with E-state index in [9.17, 15) is 9.50 Å². The van der Waals surface area contributed by atoms with Gasteiger partial charge in [-0.2, -0.15) is 5.10 Å². The van der Waals surface area contributed by atoms with Crippen molar-refractivity contribution in [2.24, 2.45) is 7.05 Å². The minimum absolute atomic E-state index is 0.127. The molecule has 1 atom stereocenters. The zero-order chi connectivity index (χ0) is 13.1. The van der Waals surface area contributed by atoms with Crippen molar-refractivity contribution in [1.29, 1.82) is 0 Å². The van der Waals surface area contributed by atoms with Gasteiger partial charge in [-0.15, -0.1) is 0 Å². The summed E-state index contributed by atoms with van der Waals surface area (Å²) in [6, 6.07) is 4.38. The molecule has 1 heterocycles. The van der Waals surface area contributed by atoms with Gasteiger partial charge in [0.1, 0.15) is 12.9 Å². The number of aliphatic hydroxyl groups is 1. The summed E-state index contributed by atoms with van der Waals surface area (Å²) in [5, 5.41) is 13.2. The highest BCUT2D eigenvalue weighted by Gasteiger charge is 2.09. The molecule has 1 N–H and O–H groups in total. The predicted molar refractivity (Wildman–Crippen MR) is 62.4 cm³/mol. The molecule has 0 spiro atoms. The van der Waals surface area contributed by atoms with Crippen molar-refractivity contribution >= 4 is 0 Å². The van der Waals surface area contributed by atoms with Crippen molar-refractivity contribution in [2.75, 3.05) is 0 Å². The number of rotatable bonds is 4. The van der Waals surface area contributed by atoms with Crippen LogP contribution in [0, 0.1) is 5.82 Å². The fourth-order valence-corrected chi connectivity index (χ4v) is 1.49. The van der Waals surface area contributed by atoms with Crippen LogP contribution in [0.4, 0.5) is 4.39 Å². The first-order valence-electron chi connectivity index (χ1n) is 5.51. The van der Waals surface area contributed by atoms with Gasteiger partial charge in [-0.05, 0) is 24.6 Å². The number of hydrogen-bond donors (Lipinski definition) is 1. The lowest BCUT2D eigenvalue weighted by Crippen LogP contribution is -2.05. The van der Waals surface area contributed by atoms with Gasteiger partial charge in [-0.25, -0.2) is 9.37 Å². The van der Waals surface area contributed by atoms with Gasteiger partial charge in [-0.3, -0.25) is 4.68 Å². The zero-order valence-corrected chi connectivity index (χ0v) is 10.2. The molecular formula is C12H14FN3O2. The van der Waals surface area contributed by atoms with E-state index in [0.29, 0.717) is 11.4 Å². The summed E-state index contributed by atoms with van der Waals surface area (Å²) < 4.78 is 20.5. The maximum Gasteiger partial charge on any atom is 0.165 e. The minimum atomic E-state index is -0.702. The summed E-state index contributed by atoms with van der Waals surface area (Å²) in [7, 11) is 1.73. The van der Waals surface area contributed by atoms with E-state index >= 15 is 0 Å². The van der Waals surface area contributed by atoms with Crippen molar-refractivity contribution in [3.05, 3.63) is 41.7 Å². The Balaban J connectivity index is 2.08. The average Bonchev–Trinajstić information content (AvgIpc) is 2.73. The highest BCUT2D eigenvalue weighted by molar-refractivity contribution is 5.30. The maximum atomic E-state index is 13.7. The normalized spacial score (nSPS) is 12.4. The predicted octanol–water partition coefficient (Wildman–Crippen LogP) is 1.59. The quantitative estimate of drug-likeness (QED) is 0.896. The monoisotopic (exact) mass is 251 g/mol. The first-order chi connectivity index (χ1) is 8.58. The number of nitrogens with zero attached hydrogens (tertiary/aromatic N) is 3. The summed E-state index contributed by atoms with van der Waals surface area (Å²) in [6.07, 6.45) is 0.707. The van der Waals surface area contributed by atoms with Crippen molar-refractivity contribution in [3.63, 3.8) is 0 Å². The van der Waals surface area contributed by atoms with E-state index in [1.807, 2.05) is 0 Å². The van der Waals surface area contributed by atoms with Crippen molar-refractivity contribution < 1.29 is 14.2 Å². The van der Waals surface area contributed by atoms with Gasteiger partial charge < -0.3 is 9.84 Å². The van der Waals surface area contributed by atoms with E-state index in [0.717, 1.165) is 0 Å². The van der Waals surface area contributed by atoms with Crippen LogP contribution in [0.25, 0.3) is 0 Å². The van der Waals surface area contributed by atoms with Crippen LogP contribution in [0.3, 0.4) is 0 Å². The van der Waals surface area contributed by atoms with Crippen LogP contribution in [0.5, 0.6) is 5.75 Å². The standard InChI is InChI=1S/C12H14FN3O2/c1-8(17)9-3-4-11(10(13)5-9)18-6-12-14-7-15-16(12)2/h3-5,7-8,17H,6H2,1-2H3/t8-/m1/s1. The largest absolute Gasteiger partial charge is 0.483 e. The van der Waals surface area contributed by atoms with E-state index in [-0.39, 0.29) is 12.4 Å². The zero-order valence-electron chi connectivity index (χ0n) is 10.2. The Morgan fingerprint density at radius 2 is 2.28 bits per heavy atom. The van der Waals surface area contributed by atoms with Crippen LogP contribution < -0.4 is 4.74 Å². The summed E-state index contributed by atoms with van der Waals surface area (Å²) in [4.78, 5) is 3.97. The van der Waals surface area contributed by atoms with E-state index in [4.69, 9.17) is 4.74 Å². The number of aliphatic hydroxyl groups excluding tert-OH is 1. The maximum absolute atomic E-state index is 13.7. The number of halogens is 1. The lowest BCUT2D eigenvalue weighted by atomic mass is 10.1. The lowest BCUT2D eigenvalue weighted by molar-refractivity contribution is 0.198. The number of aryl methyl sites for hydroxylation is 1. The fraction of sp³-hybridized carbons (Fsp3) is 0.333. The summed E-state index contributed by atoms with van der Waals surface area (Å²) in [5.74, 6) is 0.229. The van der Waals surface area contributed by atoms with Gasteiger partial charge >= 0.3 is 0 Å². The average molecular weight is 251 g/mol. The van der Waals surface area contributed by atoms with Crippen LogP contribution >= 0.6 is 0 Å². The molecule has 96 valence electrons. The van der Waals surface area contributed by atoms with Gasteiger partial charge in [0, 0.05) is 7.05 Å². The van der Waals surface area contributed by atoms with Crippen LogP contribution in [0.1, 0.15) is 24.4 Å². The molecule has 0 radical (unpaired) electrons. The Labute approximate surface area is 104 Å². The SMILES string of the molecule is C[C@@H](O)c1ccc(OCc2ncnn2C)c(F)c1. The molecule has 0 saturated carbocycles. The highest BCUT2D eigenvalue weighted by Crippen LogP contribution is 2.22. The van der Waals surface area contributed by atoms with Crippen molar-refractivity contribution in [2.45, 2.75) is 19.6 Å². The third-order valence-electron chi connectivity index (χ3n) is 2.60. The molecule has 2 aromatic rings. The third kappa shape index (κ3) is 2.65. The topological polar surface area (TPSA) is 60.2 Å². The molecule has 18 heavy (non-hydrogen) atoms. The van der Waals surface area contributed by atoms with E-state index in [1.54, 1.807) is 24.7 Å². The van der Waals surface area contributed by atoms with Gasteiger partial charge in [0.2, 0.25) is 0 Å². The van der Waals surface area contributed by atoms with Gasteiger partial charge in [0.05, 0.1) is 6.10 Å². The molecule has 0 aliphatic rings. The van der Waals surface area contributed by atoms with Crippen molar-refractivity contribution in [1.82, 2.24) is 14.8 Å². The Bertz CT molecular complexity index is 540. The van der Waals surface area contributed by atoms with Crippen LogP contribution in [0.15, 0.2) is 24.5 Å². The summed E-state index contributed by atoms with van der Waals surface area (Å²) in [5.41, 5.74) is 0.513. The molecular weight excluding hydrogens is 237 g/mol. The molecule has 0 saturated heterocycles. The minimum Gasteiger partial charge on any atom is -0.483 e. The second-order valence-corrected chi connectivity index (χ2v) is 3.95. The van der Waals surface area contributed by atoms with Crippen LogP contribution in [-0.2, 0) is 13.7 Å². The Morgan fingerprint density at radius 3 is 2.83 bits per heavy atom.